The molecule has 0 aliphatic carbocycles. The molecule has 0 spiro atoms. The Morgan fingerprint density at radius 1 is 1.40 bits per heavy atom. The molecule has 0 aliphatic rings. The van der Waals surface area contributed by atoms with Crippen molar-refractivity contribution in [1.29, 1.82) is 0 Å². The Bertz CT molecular complexity index is 663. The van der Waals surface area contributed by atoms with Crippen molar-refractivity contribution >= 4 is 17.0 Å². The molecule has 1 aromatic carbocycles. The zero-order valence-electron chi connectivity index (χ0n) is 11.7. The van der Waals surface area contributed by atoms with Crippen LogP contribution >= 0.6 is 0 Å². The Morgan fingerprint density at radius 2 is 2.15 bits per heavy atom. The minimum atomic E-state index is -0.297. The Balaban J connectivity index is 2.08. The number of aromatic nitrogens is 2. The summed E-state index contributed by atoms with van der Waals surface area (Å²) >= 11 is 0. The predicted molar refractivity (Wildman–Crippen MR) is 76.5 cm³/mol. The first kappa shape index (κ1) is 14.2. The van der Waals surface area contributed by atoms with E-state index in [0.29, 0.717) is 11.2 Å². The van der Waals surface area contributed by atoms with E-state index in [1.54, 1.807) is 6.07 Å². The van der Waals surface area contributed by atoms with E-state index in [4.69, 9.17) is 4.74 Å². The average Bonchev–Trinajstić information content (AvgIpc) is 2.44. The van der Waals surface area contributed by atoms with Crippen molar-refractivity contribution in [1.82, 2.24) is 9.97 Å². The van der Waals surface area contributed by atoms with Crippen LogP contribution in [0.25, 0.3) is 11.0 Å². The van der Waals surface area contributed by atoms with Crippen LogP contribution in [0.15, 0.2) is 29.1 Å². The lowest BCUT2D eigenvalue weighted by molar-refractivity contribution is -0.148. The number of benzene rings is 1. The normalized spacial score (nSPS) is 12.3. The number of hydrogen-bond acceptors (Lipinski definition) is 4. The average molecular weight is 274 g/mol. The molecule has 0 saturated carbocycles. The number of nitrogens with one attached hydrogen (secondary N) is 1. The van der Waals surface area contributed by atoms with Gasteiger partial charge in [-0.3, -0.25) is 9.59 Å². The SMILES string of the molecule is CCC(C)OC(=O)CCc1nc2ccccc2[nH]c1=O. The smallest absolute Gasteiger partial charge is 0.306 e. The number of hydrogen-bond donors (Lipinski definition) is 1. The Labute approximate surface area is 117 Å². The van der Waals surface area contributed by atoms with Crippen molar-refractivity contribution < 1.29 is 9.53 Å². The van der Waals surface area contributed by atoms with Gasteiger partial charge < -0.3 is 9.72 Å². The van der Waals surface area contributed by atoms with Crippen LogP contribution in [-0.2, 0) is 16.0 Å². The first-order valence-corrected chi connectivity index (χ1v) is 6.77. The number of aryl methyl sites for hydroxylation is 1. The highest BCUT2D eigenvalue weighted by molar-refractivity contribution is 5.74. The van der Waals surface area contributed by atoms with E-state index < -0.39 is 0 Å². The minimum Gasteiger partial charge on any atom is -0.463 e. The largest absolute Gasteiger partial charge is 0.463 e. The van der Waals surface area contributed by atoms with Gasteiger partial charge in [-0.05, 0) is 25.5 Å². The minimum absolute atomic E-state index is 0.0923. The van der Waals surface area contributed by atoms with Crippen LogP contribution in [0.2, 0.25) is 0 Å². The monoisotopic (exact) mass is 274 g/mol. The van der Waals surface area contributed by atoms with E-state index >= 15 is 0 Å². The molecule has 5 nitrogen and oxygen atoms in total. The fraction of sp³-hybridized carbons (Fsp3) is 0.400. The quantitative estimate of drug-likeness (QED) is 0.848. The first-order chi connectivity index (χ1) is 9.60. The van der Waals surface area contributed by atoms with E-state index in [9.17, 15) is 9.59 Å². The molecule has 0 amide bonds. The van der Waals surface area contributed by atoms with Crippen LogP contribution < -0.4 is 5.56 Å². The number of aromatic amines is 1. The summed E-state index contributed by atoms with van der Waals surface area (Å²) in [6.07, 6.45) is 1.14. The predicted octanol–water partition coefficient (Wildman–Crippen LogP) is 2.20. The molecule has 0 radical (unpaired) electrons. The second kappa shape index (κ2) is 6.32. The lowest BCUT2D eigenvalue weighted by atomic mass is 10.2. The van der Waals surface area contributed by atoms with Gasteiger partial charge in [0.25, 0.3) is 5.56 Å². The summed E-state index contributed by atoms with van der Waals surface area (Å²) in [4.78, 5) is 30.5. The van der Waals surface area contributed by atoms with Crippen LogP contribution in [0.1, 0.15) is 32.4 Å². The van der Waals surface area contributed by atoms with Gasteiger partial charge in [0.1, 0.15) is 5.69 Å². The summed E-state index contributed by atoms with van der Waals surface area (Å²) in [5.41, 5.74) is 1.53. The summed E-state index contributed by atoms with van der Waals surface area (Å²) in [5, 5.41) is 0. The summed E-state index contributed by atoms with van der Waals surface area (Å²) in [5.74, 6) is -0.297. The number of carbonyl (C=O) groups excluding carboxylic acids is 1. The number of esters is 1. The van der Waals surface area contributed by atoms with Gasteiger partial charge in [0.2, 0.25) is 0 Å². The molecular formula is C15H18N2O3. The van der Waals surface area contributed by atoms with Crippen LogP contribution in [0.4, 0.5) is 0 Å². The number of fused-ring (bicyclic) bond motifs is 1. The molecule has 1 aromatic heterocycles. The molecule has 1 unspecified atom stereocenters. The standard InChI is InChI=1S/C15H18N2O3/c1-3-10(2)20-14(18)9-8-13-15(19)17-12-7-5-4-6-11(12)16-13/h4-7,10H,3,8-9H2,1-2H3,(H,17,19). The van der Waals surface area contributed by atoms with E-state index in [0.717, 1.165) is 11.9 Å². The van der Waals surface area contributed by atoms with Crippen molar-refractivity contribution in [2.45, 2.75) is 39.2 Å². The molecule has 0 fully saturated rings. The third-order valence-electron chi connectivity index (χ3n) is 3.14. The molecule has 2 aromatic rings. The summed E-state index contributed by atoms with van der Waals surface area (Å²) in [6, 6.07) is 7.31. The highest BCUT2D eigenvalue weighted by atomic mass is 16.5. The van der Waals surface area contributed by atoms with Gasteiger partial charge in [-0.2, -0.15) is 0 Å². The fourth-order valence-corrected chi connectivity index (χ4v) is 1.82. The maximum atomic E-state index is 11.9. The molecule has 1 atom stereocenters. The topological polar surface area (TPSA) is 72.0 Å². The van der Waals surface area contributed by atoms with E-state index in [1.807, 2.05) is 32.0 Å². The molecule has 1 heterocycles. The number of nitrogens with zero attached hydrogens (tertiary/aromatic N) is 1. The van der Waals surface area contributed by atoms with E-state index in [1.165, 1.54) is 0 Å². The van der Waals surface area contributed by atoms with Crippen LogP contribution in [0.3, 0.4) is 0 Å². The van der Waals surface area contributed by atoms with Gasteiger partial charge in [-0.15, -0.1) is 0 Å². The first-order valence-electron chi connectivity index (χ1n) is 6.77. The third-order valence-corrected chi connectivity index (χ3v) is 3.14. The van der Waals surface area contributed by atoms with Gasteiger partial charge in [0, 0.05) is 6.42 Å². The lowest BCUT2D eigenvalue weighted by Gasteiger charge is -2.10. The molecule has 5 heteroatoms. The van der Waals surface area contributed by atoms with E-state index in [-0.39, 0.29) is 30.5 Å². The van der Waals surface area contributed by atoms with Crippen LogP contribution in [0, 0.1) is 0 Å². The number of ether oxygens (including phenoxy) is 1. The molecule has 106 valence electrons. The number of H-pyrrole nitrogens is 1. The summed E-state index contributed by atoms with van der Waals surface area (Å²) < 4.78 is 5.17. The van der Waals surface area contributed by atoms with Crippen molar-refractivity contribution in [3.8, 4) is 0 Å². The summed E-state index contributed by atoms with van der Waals surface area (Å²) in [6.45, 7) is 3.80. The molecule has 1 N–H and O–H groups in total. The Hall–Kier alpha value is -2.17. The van der Waals surface area contributed by atoms with Crippen molar-refractivity contribution in [3.05, 3.63) is 40.3 Å². The maximum absolute atomic E-state index is 11.9. The second-order valence-corrected chi connectivity index (χ2v) is 4.74. The van der Waals surface area contributed by atoms with Crippen molar-refractivity contribution in [2.24, 2.45) is 0 Å². The van der Waals surface area contributed by atoms with Crippen LogP contribution in [0.5, 0.6) is 0 Å². The zero-order chi connectivity index (χ0) is 14.5. The highest BCUT2D eigenvalue weighted by Crippen LogP contribution is 2.07. The number of carbonyl (C=O) groups is 1. The summed E-state index contributed by atoms with van der Waals surface area (Å²) in [7, 11) is 0. The molecule has 0 saturated heterocycles. The number of para-hydroxylation sites is 2. The van der Waals surface area contributed by atoms with Gasteiger partial charge in [-0.1, -0.05) is 19.1 Å². The molecule has 0 bridgehead atoms. The Kier molecular flexibility index (Phi) is 4.50. The van der Waals surface area contributed by atoms with Gasteiger partial charge in [-0.25, -0.2) is 4.98 Å². The highest BCUT2D eigenvalue weighted by Gasteiger charge is 2.11. The van der Waals surface area contributed by atoms with E-state index in [2.05, 4.69) is 9.97 Å². The molecule has 2 rings (SSSR count). The molecular weight excluding hydrogens is 256 g/mol. The third kappa shape index (κ3) is 3.44. The van der Waals surface area contributed by atoms with Crippen LogP contribution in [-0.4, -0.2) is 22.0 Å². The molecule has 20 heavy (non-hydrogen) atoms. The lowest BCUT2D eigenvalue weighted by Crippen LogP contribution is -2.19. The fourth-order valence-electron chi connectivity index (χ4n) is 1.82. The second-order valence-electron chi connectivity index (χ2n) is 4.74. The molecule has 0 aliphatic heterocycles. The van der Waals surface area contributed by atoms with Gasteiger partial charge in [0.15, 0.2) is 0 Å². The van der Waals surface area contributed by atoms with Crippen molar-refractivity contribution in [3.63, 3.8) is 0 Å². The Morgan fingerprint density at radius 3 is 2.90 bits per heavy atom. The van der Waals surface area contributed by atoms with Crippen molar-refractivity contribution in [2.75, 3.05) is 0 Å². The van der Waals surface area contributed by atoms with Gasteiger partial charge >= 0.3 is 5.97 Å². The number of rotatable bonds is 5. The maximum Gasteiger partial charge on any atom is 0.306 e. The van der Waals surface area contributed by atoms with Gasteiger partial charge in [0.05, 0.1) is 23.6 Å². The zero-order valence-corrected chi connectivity index (χ0v) is 11.7.